The van der Waals surface area contributed by atoms with Gasteiger partial charge in [0.15, 0.2) is 0 Å². The molecular formula is C22H32N4O3S. The second kappa shape index (κ2) is 9.36. The summed E-state index contributed by atoms with van der Waals surface area (Å²) in [6.07, 6.45) is 4.17. The van der Waals surface area contributed by atoms with Crippen LogP contribution < -0.4 is 10.6 Å². The highest BCUT2D eigenvalue weighted by Crippen LogP contribution is 2.39. The number of rotatable bonds is 4. The molecule has 1 saturated heterocycles. The molecule has 8 heteroatoms. The van der Waals surface area contributed by atoms with Crippen LogP contribution in [0.2, 0.25) is 0 Å². The van der Waals surface area contributed by atoms with E-state index in [1.165, 1.54) is 4.88 Å². The van der Waals surface area contributed by atoms with Crippen LogP contribution in [0.15, 0.2) is 0 Å². The molecule has 164 valence electrons. The van der Waals surface area contributed by atoms with Gasteiger partial charge in [-0.1, -0.05) is 6.92 Å². The highest BCUT2D eigenvalue weighted by molar-refractivity contribution is 7.16. The molecule has 7 nitrogen and oxygen atoms in total. The van der Waals surface area contributed by atoms with E-state index in [1.54, 1.807) is 11.3 Å². The SMILES string of the molecule is CC1CCc2c(sc(NC(=O)CN3CCC(NC(=O)OC(C)(C)C)CC3)c2C#N)C1. The molecule has 0 spiro atoms. The Morgan fingerprint density at radius 2 is 1.97 bits per heavy atom. The van der Waals surface area contributed by atoms with Crippen LogP contribution in [-0.4, -0.2) is 48.2 Å². The summed E-state index contributed by atoms with van der Waals surface area (Å²) in [6.45, 7) is 9.52. The Hall–Kier alpha value is -2.11. The number of alkyl carbamates (subject to hydrolysis) is 1. The fraction of sp³-hybridized carbons (Fsp3) is 0.682. The van der Waals surface area contributed by atoms with E-state index in [2.05, 4.69) is 28.5 Å². The van der Waals surface area contributed by atoms with Crippen LogP contribution in [0.4, 0.5) is 9.80 Å². The van der Waals surface area contributed by atoms with Gasteiger partial charge in [0.2, 0.25) is 5.91 Å². The van der Waals surface area contributed by atoms with Crippen molar-refractivity contribution in [2.75, 3.05) is 25.0 Å². The molecule has 2 amide bonds. The maximum absolute atomic E-state index is 12.6. The number of ether oxygens (including phenoxy) is 1. The molecule has 0 radical (unpaired) electrons. The van der Waals surface area contributed by atoms with Gasteiger partial charge in [-0.25, -0.2) is 4.79 Å². The summed E-state index contributed by atoms with van der Waals surface area (Å²) in [7, 11) is 0. The molecule has 1 aliphatic heterocycles. The van der Waals surface area contributed by atoms with Crippen molar-refractivity contribution < 1.29 is 14.3 Å². The average molecular weight is 433 g/mol. The van der Waals surface area contributed by atoms with Gasteiger partial charge in [0.25, 0.3) is 0 Å². The summed E-state index contributed by atoms with van der Waals surface area (Å²) in [5, 5.41) is 16.2. The number of hydrogen-bond donors (Lipinski definition) is 2. The lowest BCUT2D eigenvalue weighted by atomic mass is 9.89. The molecule has 1 aliphatic carbocycles. The number of thiophene rings is 1. The van der Waals surface area contributed by atoms with E-state index in [4.69, 9.17) is 4.74 Å². The van der Waals surface area contributed by atoms with E-state index < -0.39 is 11.7 Å². The van der Waals surface area contributed by atoms with Gasteiger partial charge in [-0.05, 0) is 64.4 Å². The third kappa shape index (κ3) is 5.96. The number of likely N-dealkylation sites (tertiary alicyclic amines) is 1. The lowest BCUT2D eigenvalue weighted by Gasteiger charge is -2.32. The molecule has 0 bridgehead atoms. The summed E-state index contributed by atoms with van der Waals surface area (Å²) < 4.78 is 5.31. The molecule has 1 atom stereocenters. The van der Waals surface area contributed by atoms with E-state index in [-0.39, 0.29) is 11.9 Å². The first-order valence-corrected chi connectivity index (χ1v) is 11.5. The molecule has 1 unspecified atom stereocenters. The number of carbonyl (C=O) groups is 2. The van der Waals surface area contributed by atoms with Crippen LogP contribution in [0.3, 0.4) is 0 Å². The monoisotopic (exact) mass is 432 g/mol. The van der Waals surface area contributed by atoms with Crippen LogP contribution in [-0.2, 0) is 22.4 Å². The minimum absolute atomic E-state index is 0.0652. The van der Waals surface area contributed by atoms with Crippen LogP contribution in [0, 0.1) is 17.2 Å². The largest absolute Gasteiger partial charge is 0.444 e. The van der Waals surface area contributed by atoms with E-state index >= 15 is 0 Å². The highest BCUT2D eigenvalue weighted by Gasteiger charge is 2.27. The van der Waals surface area contributed by atoms with Gasteiger partial charge in [0.1, 0.15) is 16.7 Å². The van der Waals surface area contributed by atoms with Crippen LogP contribution in [0.25, 0.3) is 0 Å². The molecule has 2 N–H and O–H groups in total. The number of amides is 2. The van der Waals surface area contributed by atoms with E-state index in [0.29, 0.717) is 23.0 Å². The standard InChI is InChI=1S/C22H32N4O3S/c1-14-5-6-16-17(12-23)20(30-18(16)11-14)25-19(27)13-26-9-7-15(8-10-26)24-21(28)29-22(2,3)4/h14-15H,5-11,13H2,1-4H3,(H,24,28)(H,25,27). The molecule has 0 aromatic carbocycles. The van der Waals surface area contributed by atoms with Crippen molar-refractivity contribution in [1.29, 1.82) is 5.26 Å². The van der Waals surface area contributed by atoms with Gasteiger partial charge in [-0.3, -0.25) is 9.69 Å². The number of nitriles is 1. The predicted octanol–water partition coefficient (Wildman–Crippen LogP) is 3.67. The van der Waals surface area contributed by atoms with E-state index in [0.717, 1.165) is 50.8 Å². The van der Waals surface area contributed by atoms with Crippen LogP contribution in [0.5, 0.6) is 0 Å². The lowest BCUT2D eigenvalue weighted by Crippen LogP contribution is -2.47. The molecular weight excluding hydrogens is 400 g/mol. The first-order valence-electron chi connectivity index (χ1n) is 10.7. The fourth-order valence-electron chi connectivity index (χ4n) is 4.04. The topological polar surface area (TPSA) is 94.5 Å². The number of fused-ring (bicyclic) bond motifs is 1. The molecule has 1 aromatic heterocycles. The molecule has 0 saturated carbocycles. The smallest absolute Gasteiger partial charge is 0.407 e. The second-order valence-electron chi connectivity index (χ2n) is 9.41. The van der Waals surface area contributed by atoms with Crippen molar-refractivity contribution in [2.24, 2.45) is 5.92 Å². The lowest BCUT2D eigenvalue weighted by molar-refractivity contribution is -0.117. The van der Waals surface area contributed by atoms with Crippen LogP contribution >= 0.6 is 11.3 Å². The summed E-state index contributed by atoms with van der Waals surface area (Å²) in [4.78, 5) is 27.8. The minimum Gasteiger partial charge on any atom is -0.444 e. The van der Waals surface area contributed by atoms with Crippen molar-refractivity contribution >= 4 is 28.3 Å². The van der Waals surface area contributed by atoms with Crippen molar-refractivity contribution in [1.82, 2.24) is 10.2 Å². The molecule has 30 heavy (non-hydrogen) atoms. The quantitative estimate of drug-likeness (QED) is 0.757. The van der Waals surface area contributed by atoms with E-state index in [1.807, 2.05) is 20.8 Å². The van der Waals surface area contributed by atoms with Crippen LogP contribution in [0.1, 0.15) is 63.0 Å². The van der Waals surface area contributed by atoms with E-state index in [9.17, 15) is 14.9 Å². The summed E-state index contributed by atoms with van der Waals surface area (Å²) in [5.74, 6) is 0.540. The summed E-state index contributed by atoms with van der Waals surface area (Å²) in [6, 6.07) is 2.36. The average Bonchev–Trinajstić information content (AvgIpc) is 2.97. The van der Waals surface area contributed by atoms with Gasteiger partial charge < -0.3 is 15.4 Å². The Labute approximate surface area is 182 Å². The van der Waals surface area contributed by atoms with Crippen molar-refractivity contribution in [3.05, 3.63) is 16.0 Å². The Bertz CT molecular complexity index is 829. The second-order valence-corrected chi connectivity index (χ2v) is 10.5. The molecule has 3 rings (SSSR count). The maximum atomic E-state index is 12.6. The maximum Gasteiger partial charge on any atom is 0.407 e. The molecule has 1 fully saturated rings. The fourth-order valence-corrected chi connectivity index (χ4v) is 5.41. The van der Waals surface area contributed by atoms with Gasteiger partial charge in [-0.15, -0.1) is 11.3 Å². The number of nitrogens with one attached hydrogen (secondary N) is 2. The third-order valence-electron chi connectivity index (χ3n) is 5.55. The first kappa shape index (κ1) is 22.6. The van der Waals surface area contributed by atoms with Gasteiger partial charge in [0.05, 0.1) is 12.1 Å². The predicted molar refractivity (Wildman–Crippen MR) is 118 cm³/mol. The van der Waals surface area contributed by atoms with Gasteiger partial charge in [-0.2, -0.15) is 5.26 Å². The Morgan fingerprint density at radius 1 is 1.27 bits per heavy atom. The zero-order valence-electron chi connectivity index (χ0n) is 18.3. The molecule has 2 aliphatic rings. The Morgan fingerprint density at radius 3 is 2.60 bits per heavy atom. The van der Waals surface area contributed by atoms with Crippen molar-refractivity contribution in [3.8, 4) is 6.07 Å². The number of nitrogens with zero attached hydrogens (tertiary/aromatic N) is 2. The van der Waals surface area contributed by atoms with Gasteiger partial charge in [0, 0.05) is 24.0 Å². The Balaban J connectivity index is 1.48. The number of hydrogen-bond acceptors (Lipinski definition) is 6. The number of anilines is 1. The highest BCUT2D eigenvalue weighted by atomic mass is 32.1. The summed E-state index contributed by atoms with van der Waals surface area (Å²) >= 11 is 1.56. The zero-order valence-corrected chi connectivity index (χ0v) is 19.2. The van der Waals surface area contributed by atoms with Crippen molar-refractivity contribution in [3.63, 3.8) is 0 Å². The first-order chi connectivity index (χ1) is 14.1. The van der Waals surface area contributed by atoms with Crippen molar-refractivity contribution in [2.45, 2.75) is 71.4 Å². The normalized spacial score (nSPS) is 20.2. The zero-order chi connectivity index (χ0) is 21.9. The molecule has 2 heterocycles. The van der Waals surface area contributed by atoms with Gasteiger partial charge >= 0.3 is 6.09 Å². The molecule has 1 aromatic rings. The number of carbonyl (C=O) groups excluding carboxylic acids is 2. The summed E-state index contributed by atoms with van der Waals surface area (Å²) in [5.41, 5.74) is 1.27. The number of piperidine rings is 1. The minimum atomic E-state index is -0.510. The Kier molecular flexibility index (Phi) is 7.04. The third-order valence-corrected chi connectivity index (χ3v) is 6.72.